The first-order valence-electron chi connectivity index (χ1n) is 12.3. The Morgan fingerprint density at radius 1 is 1.19 bits per heavy atom. The third-order valence-corrected chi connectivity index (χ3v) is 7.50. The standard InChI is InChI=1S/C27H31F2N3O5/c1-16(2)18-7-4-5-8-19(18)27(14-32(15-27)21(33)12-26(24(35)36)9-6-10-26)23(34)31-22-20(37-25(28)29)11-17(3)13-30-22/h4-5,7-8,11,13,16,25H,6,9-10,12,14-15H2,1-3H3,(H,35,36)(H,30,31,34). The summed E-state index contributed by atoms with van der Waals surface area (Å²) < 4.78 is 30.6. The van der Waals surface area contributed by atoms with Crippen LogP contribution in [0.15, 0.2) is 36.5 Å². The van der Waals surface area contributed by atoms with Crippen molar-refractivity contribution in [2.24, 2.45) is 5.41 Å². The van der Waals surface area contributed by atoms with Gasteiger partial charge < -0.3 is 20.1 Å². The molecule has 1 saturated heterocycles. The second kappa shape index (κ2) is 10.1. The molecule has 10 heteroatoms. The van der Waals surface area contributed by atoms with Crippen molar-refractivity contribution in [1.29, 1.82) is 0 Å². The molecule has 1 aliphatic heterocycles. The van der Waals surface area contributed by atoms with Crippen LogP contribution < -0.4 is 10.1 Å². The predicted molar refractivity (Wildman–Crippen MR) is 132 cm³/mol. The Bertz CT molecular complexity index is 1210. The lowest BCUT2D eigenvalue weighted by atomic mass is 9.65. The number of pyridine rings is 1. The number of carbonyl (C=O) groups excluding carboxylic acids is 2. The van der Waals surface area contributed by atoms with Crippen molar-refractivity contribution in [3.8, 4) is 5.75 Å². The van der Waals surface area contributed by atoms with Crippen LogP contribution in [-0.4, -0.2) is 52.5 Å². The number of hydrogen-bond donors (Lipinski definition) is 2. The second-order valence-electron chi connectivity index (χ2n) is 10.4. The van der Waals surface area contributed by atoms with Crippen LogP contribution in [0, 0.1) is 12.3 Å². The molecule has 2 aliphatic rings. The van der Waals surface area contributed by atoms with E-state index in [0.717, 1.165) is 17.5 Å². The topological polar surface area (TPSA) is 109 Å². The average Bonchev–Trinajstić information content (AvgIpc) is 2.77. The normalized spacial score (nSPS) is 17.6. The van der Waals surface area contributed by atoms with E-state index in [0.29, 0.717) is 18.4 Å². The summed E-state index contributed by atoms with van der Waals surface area (Å²) in [6, 6.07) is 8.80. The molecule has 1 saturated carbocycles. The molecule has 4 rings (SSSR count). The Labute approximate surface area is 214 Å². The third-order valence-electron chi connectivity index (χ3n) is 7.50. The minimum atomic E-state index is -3.10. The number of carbonyl (C=O) groups is 3. The summed E-state index contributed by atoms with van der Waals surface area (Å²) in [5, 5.41) is 12.3. The number of nitrogens with one attached hydrogen (secondary N) is 1. The van der Waals surface area contributed by atoms with E-state index in [1.807, 2.05) is 38.1 Å². The molecule has 0 spiro atoms. The molecule has 1 aliphatic carbocycles. The quantitative estimate of drug-likeness (QED) is 0.510. The number of aromatic nitrogens is 1. The van der Waals surface area contributed by atoms with Gasteiger partial charge in [0.1, 0.15) is 5.41 Å². The number of halogens is 2. The monoisotopic (exact) mass is 515 g/mol. The summed E-state index contributed by atoms with van der Waals surface area (Å²) in [5.74, 6) is -2.11. The minimum absolute atomic E-state index is 0.0357. The molecule has 1 aromatic carbocycles. The second-order valence-corrected chi connectivity index (χ2v) is 10.4. The molecule has 2 N–H and O–H groups in total. The van der Waals surface area contributed by atoms with Crippen LogP contribution in [0.5, 0.6) is 5.75 Å². The molecule has 2 amide bonds. The van der Waals surface area contributed by atoms with Gasteiger partial charge in [-0.15, -0.1) is 0 Å². The maximum absolute atomic E-state index is 13.8. The maximum atomic E-state index is 13.8. The number of aryl methyl sites for hydroxylation is 1. The van der Waals surface area contributed by atoms with Gasteiger partial charge in [0.2, 0.25) is 11.8 Å². The van der Waals surface area contributed by atoms with Crippen molar-refractivity contribution in [1.82, 2.24) is 9.88 Å². The van der Waals surface area contributed by atoms with E-state index in [1.165, 1.54) is 17.2 Å². The molecule has 0 bridgehead atoms. The first kappa shape index (κ1) is 26.5. The zero-order valence-electron chi connectivity index (χ0n) is 21.1. The number of amides is 2. The molecule has 0 atom stereocenters. The number of hydrogen-bond acceptors (Lipinski definition) is 5. The van der Waals surface area contributed by atoms with Crippen LogP contribution in [-0.2, 0) is 19.8 Å². The highest BCUT2D eigenvalue weighted by molar-refractivity contribution is 6.02. The van der Waals surface area contributed by atoms with E-state index in [9.17, 15) is 28.3 Å². The van der Waals surface area contributed by atoms with Crippen LogP contribution in [0.4, 0.5) is 14.6 Å². The van der Waals surface area contributed by atoms with Gasteiger partial charge in [0, 0.05) is 25.7 Å². The lowest BCUT2D eigenvalue weighted by Gasteiger charge is -2.51. The van der Waals surface area contributed by atoms with Crippen LogP contribution in [0.3, 0.4) is 0 Å². The van der Waals surface area contributed by atoms with Crippen molar-refractivity contribution in [3.05, 3.63) is 53.2 Å². The number of carboxylic acids is 1. The van der Waals surface area contributed by atoms with Gasteiger partial charge in [0.05, 0.1) is 5.41 Å². The Balaban J connectivity index is 1.64. The average molecular weight is 516 g/mol. The minimum Gasteiger partial charge on any atom is -0.481 e. The number of benzene rings is 1. The molecular formula is C27H31F2N3O5. The van der Waals surface area contributed by atoms with Crippen molar-refractivity contribution in [2.45, 2.75) is 64.4 Å². The van der Waals surface area contributed by atoms with Gasteiger partial charge in [-0.05, 0) is 48.4 Å². The number of alkyl halides is 2. The zero-order valence-corrected chi connectivity index (χ0v) is 21.1. The Morgan fingerprint density at radius 2 is 1.86 bits per heavy atom. The highest BCUT2D eigenvalue weighted by Crippen LogP contribution is 2.46. The summed E-state index contributed by atoms with van der Waals surface area (Å²) in [5.41, 5.74) is 0.0256. The lowest BCUT2D eigenvalue weighted by Crippen LogP contribution is -2.67. The van der Waals surface area contributed by atoms with E-state index in [1.54, 1.807) is 6.92 Å². The third kappa shape index (κ3) is 5.01. The number of rotatable bonds is 9. The summed E-state index contributed by atoms with van der Waals surface area (Å²) in [4.78, 5) is 44.3. The van der Waals surface area contributed by atoms with E-state index in [2.05, 4.69) is 15.0 Å². The van der Waals surface area contributed by atoms with E-state index >= 15 is 0 Å². The lowest BCUT2D eigenvalue weighted by molar-refractivity contribution is -0.162. The Hall–Kier alpha value is -3.56. The molecular weight excluding hydrogens is 484 g/mol. The number of likely N-dealkylation sites (tertiary alicyclic amines) is 1. The number of aliphatic carboxylic acids is 1. The molecule has 0 unspecified atom stereocenters. The first-order valence-corrected chi connectivity index (χ1v) is 12.3. The van der Waals surface area contributed by atoms with Gasteiger partial charge in [0.15, 0.2) is 11.6 Å². The van der Waals surface area contributed by atoms with Crippen LogP contribution in [0.1, 0.15) is 62.1 Å². The van der Waals surface area contributed by atoms with Gasteiger partial charge in [-0.2, -0.15) is 8.78 Å². The van der Waals surface area contributed by atoms with Gasteiger partial charge in [-0.25, -0.2) is 4.98 Å². The zero-order chi connectivity index (χ0) is 27.0. The fourth-order valence-electron chi connectivity index (χ4n) is 5.17. The highest BCUT2D eigenvalue weighted by atomic mass is 19.3. The Morgan fingerprint density at radius 3 is 2.43 bits per heavy atom. The Kier molecular flexibility index (Phi) is 7.21. The van der Waals surface area contributed by atoms with Crippen molar-refractivity contribution < 1.29 is 33.0 Å². The van der Waals surface area contributed by atoms with E-state index in [4.69, 9.17) is 0 Å². The van der Waals surface area contributed by atoms with Gasteiger partial charge in [0.25, 0.3) is 0 Å². The number of carboxylic acid groups (broad SMARTS) is 1. The van der Waals surface area contributed by atoms with Gasteiger partial charge in [-0.3, -0.25) is 14.4 Å². The summed E-state index contributed by atoms with van der Waals surface area (Å²) in [6.07, 6.45) is 2.99. The number of anilines is 1. The van der Waals surface area contributed by atoms with Crippen molar-refractivity contribution in [3.63, 3.8) is 0 Å². The predicted octanol–water partition coefficient (Wildman–Crippen LogP) is 4.48. The van der Waals surface area contributed by atoms with Crippen molar-refractivity contribution >= 4 is 23.6 Å². The summed E-state index contributed by atoms with van der Waals surface area (Å²) in [7, 11) is 0. The molecule has 2 heterocycles. The SMILES string of the molecule is Cc1cnc(NC(=O)C2(c3ccccc3C(C)C)CN(C(=O)CC3(C(=O)O)CCC3)C2)c(OC(F)F)c1. The molecule has 37 heavy (non-hydrogen) atoms. The van der Waals surface area contributed by atoms with E-state index in [-0.39, 0.29) is 42.9 Å². The summed E-state index contributed by atoms with van der Waals surface area (Å²) >= 11 is 0. The molecule has 2 aromatic rings. The summed E-state index contributed by atoms with van der Waals surface area (Å²) in [6.45, 7) is 2.63. The van der Waals surface area contributed by atoms with Crippen LogP contribution in [0.2, 0.25) is 0 Å². The first-order chi connectivity index (χ1) is 17.5. The van der Waals surface area contributed by atoms with E-state index < -0.39 is 29.3 Å². The van der Waals surface area contributed by atoms with Crippen molar-refractivity contribution in [2.75, 3.05) is 18.4 Å². The molecule has 1 aromatic heterocycles. The van der Waals surface area contributed by atoms with Gasteiger partial charge >= 0.3 is 12.6 Å². The smallest absolute Gasteiger partial charge is 0.387 e. The van der Waals surface area contributed by atoms with Gasteiger partial charge in [-0.1, -0.05) is 44.5 Å². The molecule has 198 valence electrons. The molecule has 0 radical (unpaired) electrons. The van der Waals surface area contributed by atoms with Crippen LogP contribution >= 0.6 is 0 Å². The largest absolute Gasteiger partial charge is 0.481 e. The maximum Gasteiger partial charge on any atom is 0.387 e. The highest BCUT2D eigenvalue weighted by Gasteiger charge is 2.55. The van der Waals surface area contributed by atoms with Crippen LogP contribution in [0.25, 0.3) is 0 Å². The number of ether oxygens (including phenoxy) is 1. The fourth-order valence-corrected chi connectivity index (χ4v) is 5.17. The molecule has 2 fully saturated rings. The molecule has 8 nitrogen and oxygen atoms in total. The number of nitrogens with zero attached hydrogens (tertiary/aromatic N) is 2. The fraction of sp³-hybridized carbons (Fsp3) is 0.481.